The molecule has 0 unspecified atom stereocenters. The Hall–Kier alpha value is -2.67. The average Bonchev–Trinajstić information content (AvgIpc) is 2.77. The number of aryl methyl sites for hydroxylation is 1. The van der Waals surface area contributed by atoms with Gasteiger partial charge in [0, 0.05) is 29.4 Å². The normalized spacial score (nSPS) is 27.5. The van der Waals surface area contributed by atoms with Gasteiger partial charge in [0.2, 0.25) is 0 Å². The van der Waals surface area contributed by atoms with E-state index in [0.717, 1.165) is 13.0 Å². The minimum absolute atomic E-state index is 0.0853. The van der Waals surface area contributed by atoms with Gasteiger partial charge in [-0.05, 0) is 61.5 Å². The second-order valence-corrected chi connectivity index (χ2v) is 13.2. The van der Waals surface area contributed by atoms with Gasteiger partial charge < -0.3 is 0 Å². The van der Waals surface area contributed by atoms with Crippen molar-refractivity contribution in [2.24, 2.45) is 21.7 Å². The number of nitrogens with zero attached hydrogens (tertiary/aromatic N) is 1. The number of pyridine rings is 1. The maximum atomic E-state index is 2.52. The fraction of sp³-hybridized carbons (Fsp3) is 0.441. The summed E-state index contributed by atoms with van der Waals surface area (Å²) < 4.78 is 2.29. The molecule has 0 aliphatic heterocycles. The molecule has 1 aromatic heterocycles. The number of rotatable bonds is 3. The third kappa shape index (κ3) is 3.45. The van der Waals surface area contributed by atoms with Crippen LogP contribution in [-0.4, -0.2) is 0 Å². The minimum Gasteiger partial charge on any atom is -0.205 e. The van der Waals surface area contributed by atoms with Crippen LogP contribution in [0.2, 0.25) is 0 Å². The van der Waals surface area contributed by atoms with Gasteiger partial charge in [-0.25, -0.2) is 4.57 Å². The summed E-state index contributed by atoms with van der Waals surface area (Å²) in [4.78, 5) is 0. The van der Waals surface area contributed by atoms with Gasteiger partial charge in [0.05, 0.1) is 0 Å². The molecule has 1 heteroatoms. The van der Waals surface area contributed by atoms with E-state index in [2.05, 4.69) is 134 Å². The number of allylic oxidation sites excluding steroid dienone is 14. The van der Waals surface area contributed by atoms with Crippen molar-refractivity contribution >= 4 is 5.57 Å². The Labute approximate surface area is 213 Å². The van der Waals surface area contributed by atoms with Crippen molar-refractivity contribution in [2.75, 3.05) is 0 Å². The molecule has 0 saturated heterocycles. The van der Waals surface area contributed by atoms with Gasteiger partial charge in [-0.1, -0.05) is 98.8 Å². The van der Waals surface area contributed by atoms with E-state index in [1.807, 2.05) is 0 Å². The summed E-state index contributed by atoms with van der Waals surface area (Å²) in [6.45, 7) is 22.2. The van der Waals surface area contributed by atoms with Crippen molar-refractivity contribution in [1.29, 1.82) is 0 Å². The molecule has 35 heavy (non-hydrogen) atoms. The Morgan fingerprint density at radius 2 is 1.23 bits per heavy atom. The molecule has 1 nitrogen and oxygen atoms in total. The fourth-order valence-electron chi connectivity index (χ4n) is 6.30. The predicted molar refractivity (Wildman–Crippen MR) is 149 cm³/mol. The van der Waals surface area contributed by atoms with Crippen molar-refractivity contribution in [3.8, 4) is 0 Å². The van der Waals surface area contributed by atoms with Crippen molar-refractivity contribution in [2.45, 2.75) is 75.3 Å². The SMILES string of the molecule is CCC[n+]1ccc(C2=C3C=C(C(C)(C)C)C=C4C=CC5=CC(C(C)(C)C)=CC(=C2)[C@]5(C)[C@]43C)cc1. The molecule has 4 aliphatic rings. The molecule has 0 N–H and O–H groups in total. The maximum absolute atomic E-state index is 2.52. The highest BCUT2D eigenvalue weighted by atomic mass is 14.9. The summed E-state index contributed by atoms with van der Waals surface area (Å²) in [5, 5.41) is 0. The molecule has 182 valence electrons. The predicted octanol–water partition coefficient (Wildman–Crippen LogP) is 8.49. The first-order valence-corrected chi connectivity index (χ1v) is 13.3. The third-order valence-corrected chi connectivity index (χ3v) is 8.95. The van der Waals surface area contributed by atoms with E-state index < -0.39 is 0 Å². The van der Waals surface area contributed by atoms with Gasteiger partial charge in [-0.2, -0.15) is 0 Å². The van der Waals surface area contributed by atoms with E-state index in [-0.39, 0.29) is 21.7 Å². The molecule has 5 rings (SSSR count). The van der Waals surface area contributed by atoms with Crippen LogP contribution in [0.5, 0.6) is 0 Å². The lowest BCUT2D eigenvalue weighted by molar-refractivity contribution is -0.697. The van der Waals surface area contributed by atoms with Gasteiger partial charge in [0.15, 0.2) is 12.4 Å². The van der Waals surface area contributed by atoms with Crippen LogP contribution in [-0.2, 0) is 6.54 Å². The molecule has 1 aromatic rings. The second-order valence-electron chi connectivity index (χ2n) is 13.2. The van der Waals surface area contributed by atoms with Gasteiger partial charge in [-0.3, -0.25) is 0 Å². The zero-order valence-electron chi connectivity index (χ0n) is 23.2. The standard InChI is InChI=1S/C34H42N/c1-10-15-35-16-13-23(14-17-35)29-21-28-20-26(31(2,3)4)18-24-11-12-25-19-27(32(5,6)7)22-30(29)34(25,9)33(24,28)8/h11-14,16-22H,10,15H2,1-9H3/q+1/t33-,34-/m1/s1. The summed E-state index contributed by atoms with van der Waals surface area (Å²) in [6.07, 6.45) is 22.9. The highest BCUT2D eigenvalue weighted by Crippen LogP contribution is 2.68. The van der Waals surface area contributed by atoms with Gasteiger partial charge in [-0.15, -0.1) is 0 Å². The Bertz CT molecular complexity index is 1300. The van der Waals surface area contributed by atoms with E-state index in [1.165, 1.54) is 44.6 Å². The zero-order valence-corrected chi connectivity index (χ0v) is 23.2. The highest BCUT2D eigenvalue weighted by Gasteiger charge is 2.57. The summed E-state index contributed by atoms with van der Waals surface area (Å²) in [5.41, 5.74) is 11.3. The number of hydrogen-bond donors (Lipinski definition) is 0. The molecule has 1 heterocycles. The highest BCUT2D eigenvalue weighted by molar-refractivity contribution is 5.87. The van der Waals surface area contributed by atoms with E-state index in [9.17, 15) is 0 Å². The van der Waals surface area contributed by atoms with Crippen molar-refractivity contribution in [3.63, 3.8) is 0 Å². The van der Waals surface area contributed by atoms with Crippen LogP contribution in [0.1, 0.15) is 74.3 Å². The second kappa shape index (κ2) is 7.66. The van der Waals surface area contributed by atoms with E-state index >= 15 is 0 Å². The lowest BCUT2D eigenvalue weighted by atomic mass is 9.44. The monoisotopic (exact) mass is 464 g/mol. The molecule has 2 atom stereocenters. The van der Waals surface area contributed by atoms with Crippen LogP contribution < -0.4 is 4.57 Å². The van der Waals surface area contributed by atoms with Gasteiger partial charge in [0.1, 0.15) is 6.54 Å². The van der Waals surface area contributed by atoms with E-state index in [0.29, 0.717) is 0 Å². The Morgan fingerprint density at radius 1 is 0.686 bits per heavy atom. The maximum Gasteiger partial charge on any atom is 0.169 e. The molecule has 0 saturated carbocycles. The Kier molecular flexibility index (Phi) is 5.26. The lowest BCUT2D eigenvalue weighted by Crippen LogP contribution is -2.48. The van der Waals surface area contributed by atoms with Gasteiger partial charge in [0.25, 0.3) is 0 Å². The summed E-state index contributed by atoms with van der Waals surface area (Å²) in [6, 6.07) is 4.63. The quantitative estimate of drug-likeness (QED) is 0.395. The van der Waals surface area contributed by atoms with E-state index in [1.54, 1.807) is 0 Å². The van der Waals surface area contributed by atoms with Crippen molar-refractivity contribution in [1.82, 2.24) is 0 Å². The van der Waals surface area contributed by atoms with Crippen LogP contribution in [0.3, 0.4) is 0 Å². The molecule has 0 amide bonds. The zero-order chi connectivity index (χ0) is 25.4. The molecule has 0 fully saturated rings. The first kappa shape index (κ1) is 24.0. The summed E-state index contributed by atoms with van der Waals surface area (Å²) in [5.74, 6) is 0. The summed E-state index contributed by atoms with van der Waals surface area (Å²) in [7, 11) is 0. The van der Waals surface area contributed by atoms with Crippen LogP contribution in [0, 0.1) is 21.7 Å². The molecule has 0 aromatic carbocycles. The summed E-state index contributed by atoms with van der Waals surface area (Å²) >= 11 is 0. The molecule has 4 aliphatic carbocycles. The Balaban J connectivity index is 1.84. The molecular formula is C34H42N+. The first-order valence-electron chi connectivity index (χ1n) is 13.3. The molecule has 0 spiro atoms. The van der Waals surface area contributed by atoms with Crippen LogP contribution in [0.4, 0.5) is 0 Å². The number of aromatic nitrogens is 1. The third-order valence-electron chi connectivity index (χ3n) is 8.95. The molecule has 0 radical (unpaired) electrons. The van der Waals surface area contributed by atoms with Crippen molar-refractivity contribution < 1.29 is 4.57 Å². The van der Waals surface area contributed by atoms with Crippen LogP contribution >= 0.6 is 0 Å². The largest absolute Gasteiger partial charge is 0.205 e. The first-order chi connectivity index (χ1) is 16.3. The topological polar surface area (TPSA) is 3.88 Å². The van der Waals surface area contributed by atoms with E-state index in [4.69, 9.17) is 0 Å². The smallest absolute Gasteiger partial charge is 0.169 e. The molecular weight excluding hydrogens is 422 g/mol. The average molecular weight is 465 g/mol. The van der Waals surface area contributed by atoms with Crippen LogP contribution in [0.15, 0.2) is 100 Å². The Morgan fingerprint density at radius 3 is 1.77 bits per heavy atom. The lowest BCUT2D eigenvalue weighted by Gasteiger charge is -2.58. The number of hydrogen-bond acceptors (Lipinski definition) is 0. The fourth-order valence-corrected chi connectivity index (χ4v) is 6.30. The van der Waals surface area contributed by atoms with Crippen molar-refractivity contribution in [3.05, 3.63) is 106 Å². The minimum atomic E-state index is -0.114. The van der Waals surface area contributed by atoms with Gasteiger partial charge >= 0.3 is 0 Å². The van der Waals surface area contributed by atoms with Crippen LogP contribution in [0.25, 0.3) is 5.57 Å². The molecule has 0 bridgehead atoms.